The largest absolute Gasteiger partial charge is 0.319 e. The van der Waals surface area contributed by atoms with E-state index in [4.69, 9.17) is 11.6 Å². The van der Waals surface area contributed by atoms with Crippen LogP contribution in [0.5, 0.6) is 0 Å². The normalized spacial score (nSPS) is 12.5. The van der Waals surface area contributed by atoms with Gasteiger partial charge in [-0.3, -0.25) is 4.79 Å². The second-order valence-corrected chi connectivity index (χ2v) is 5.18. The third-order valence-electron chi connectivity index (χ3n) is 3.20. The molecule has 0 aliphatic heterocycles. The molecule has 2 aromatic carbocycles. The molecule has 1 unspecified atom stereocenters. The first-order valence-electron chi connectivity index (χ1n) is 6.35. The highest BCUT2D eigenvalue weighted by molar-refractivity contribution is 6.22. The Labute approximate surface area is 121 Å². The number of aryl methyl sites for hydroxylation is 1. The van der Waals surface area contributed by atoms with Gasteiger partial charge in [0.15, 0.2) is 0 Å². The molecular weight excluding hydrogens is 272 g/mol. The van der Waals surface area contributed by atoms with Gasteiger partial charge in [0.2, 0.25) is 0 Å². The molecule has 0 aliphatic carbocycles. The number of aromatic nitrogens is 2. The van der Waals surface area contributed by atoms with Crippen LogP contribution in [0.1, 0.15) is 22.2 Å². The number of aromatic amines is 1. The van der Waals surface area contributed by atoms with Crippen molar-refractivity contribution in [3.05, 3.63) is 75.7 Å². The zero-order valence-corrected chi connectivity index (χ0v) is 11.7. The van der Waals surface area contributed by atoms with Crippen molar-refractivity contribution < 1.29 is 0 Å². The average molecular weight is 285 g/mol. The number of fused-ring (bicyclic) bond motifs is 1. The number of alkyl halides is 1. The molecular formula is C16H13ClN2O. The second kappa shape index (κ2) is 5.10. The summed E-state index contributed by atoms with van der Waals surface area (Å²) in [5, 5.41) is -0.553. The summed E-state index contributed by atoms with van der Waals surface area (Å²) in [4.78, 5) is 19.4. The van der Waals surface area contributed by atoms with Gasteiger partial charge in [-0.15, -0.1) is 11.6 Å². The van der Waals surface area contributed by atoms with E-state index >= 15 is 0 Å². The SMILES string of the molecule is Cc1cccc(C(Cl)c2nc3ccccc3[nH]c2=O)c1. The Morgan fingerprint density at radius 2 is 1.95 bits per heavy atom. The maximum Gasteiger partial charge on any atom is 0.272 e. The number of nitrogens with zero attached hydrogens (tertiary/aromatic N) is 1. The minimum Gasteiger partial charge on any atom is -0.319 e. The number of hydrogen-bond donors (Lipinski definition) is 1. The van der Waals surface area contributed by atoms with Gasteiger partial charge in [-0.05, 0) is 24.6 Å². The lowest BCUT2D eigenvalue weighted by Crippen LogP contribution is -2.17. The minimum atomic E-state index is -0.553. The van der Waals surface area contributed by atoms with Gasteiger partial charge >= 0.3 is 0 Å². The Kier molecular flexibility index (Phi) is 3.28. The molecule has 1 aromatic heterocycles. The summed E-state index contributed by atoms with van der Waals surface area (Å²) >= 11 is 6.43. The van der Waals surface area contributed by atoms with Crippen molar-refractivity contribution in [1.82, 2.24) is 9.97 Å². The van der Waals surface area contributed by atoms with Crippen LogP contribution < -0.4 is 5.56 Å². The summed E-state index contributed by atoms with van der Waals surface area (Å²) in [5.74, 6) is 0. The number of hydrogen-bond acceptors (Lipinski definition) is 2. The van der Waals surface area contributed by atoms with Crippen molar-refractivity contribution >= 4 is 22.6 Å². The average Bonchev–Trinajstić information content (AvgIpc) is 2.46. The van der Waals surface area contributed by atoms with E-state index in [1.54, 1.807) is 0 Å². The third kappa shape index (κ3) is 2.32. The van der Waals surface area contributed by atoms with E-state index in [1.165, 1.54) is 0 Å². The van der Waals surface area contributed by atoms with Crippen molar-refractivity contribution in [2.45, 2.75) is 12.3 Å². The highest BCUT2D eigenvalue weighted by Gasteiger charge is 2.17. The van der Waals surface area contributed by atoms with Gasteiger partial charge in [0.05, 0.1) is 11.0 Å². The van der Waals surface area contributed by atoms with Gasteiger partial charge < -0.3 is 4.98 Å². The van der Waals surface area contributed by atoms with Crippen LogP contribution in [0.2, 0.25) is 0 Å². The van der Waals surface area contributed by atoms with E-state index in [-0.39, 0.29) is 5.56 Å². The van der Waals surface area contributed by atoms with E-state index in [2.05, 4.69) is 9.97 Å². The van der Waals surface area contributed by atoms with Crippen molar-refractivity contribution in [3.63, 3.8) is 0 Å². The summed E-state index contributed by atoms with van der Waals surface area (Å²) in [5.41, 5.74) is 3.52. The lowest BCUT2D eigenvalue weighted by atomic mass is 10.1. The molecule has 0 saturated heterocycles. The number of rotatable bonds is 2. The molecule has 100 valence electrons. The highest BCUT2D eigenvalue weighted by atomic mass is 35.5. The summed E-state index contributed by atoms with van der Waals surface area (Å²) in [6.07, 6.45) is 0. The molecule has 3 nitrogen and oxygen atoms in total. The van der Waals surface area contributed by atoms with Crippen LogP contribution in [0.3, 0.4) is 0 Å². The lowest BCUT2D eigenvalue weighted by Gasteiger charge is -2.10. The number of para-hydroxylation sites is 2. The number of nitrogens with one attached hydrogen (secondary N) is 1. The molecule has 20 heavy (non-hydrogen) atoms. The van der Waals surface area contributed by atoms with Gasteiger partial charge in [-0.25, -0.2) is 4.98 Å². The molecule has 1 atom stereocenters. The van der Waals surface area contributed by atoms with E-state index in [1.807, 2.05) is 55.5 Å². The molecule has 3 rings (SSSR count). The quantitative estimate of drug-likeness (QED) is 0.731. The fourth-order valence-electron chi connectivity index (χ4n) is 2.20. The molecule has 3 aromatic rings. The van der Waals surface area contributed by atoms with Crippen LogP contribution in [-0.2, 0) is 0 Å². The highest BCUT2D eigenvalue weighted by Crippen LogP contribution is 2.26. The molecule has 0 radical (unpaired) electrons. The van der Waals surface area contributed by atoms with E-state index in [9.17, 15) is 4.79 Å². The Hall–Kier alpha value is -2.13. The second-order valence-electron chi connectivity index (χ2n) is 4.75. The first kappa shape index (κ1) is 12.9. The third-order valence-corrected chi connectivity index (χ3v) is 3.66. The summed E-state index contributed by atoms with van der Waals surface area (Å²) in [6, 6.07) is 15.2. The van der Waals surface area contributed by atoms with Gasteiger partial charge in [0.1, 0.15) is 11.1 Å². The monoisotopic (exact) mass is 284 g/mol. The van der Waals surface area contributed by atoms with Crippen LogP contribution in [0.4, 0.5) is 0 Å². The Morgan fingerprint density at radius 3 is 2.75 bits per heavy atom. The van der Waals surface area contributed by atoms with Crippen LogP contribution in [0.25, 0.3) is 11.0 Å². The number of halogens is 1. The van der Waals surface area contributed by atoms with Crippen molar-refractivity contribution in [2.24, 2.45) is 0 Å². The van der Waals surface area contributed by atoms with Crippen molar-refractivity contribution in [3.8, 4) is 0 Å². The van der Waals surface area contributed by atoms with Gasteiger partial charge in [-0.2, -0.15) is 0 Å². The first-order valence-corrected chi connectivity index (χ1v) is 6.78. The molecule has 0 aliphatic rings. The first-order chi connectivity index (χ1) is 9.65. The maximum absolute atomic E-state index is 12.1. The molecule has 0 bridgehead atoms. The smallest absolute Gasteiger partial charge is 0.272 e. The van der Waals surface area contributed by atoms with E-state index in [0.29, 0.717) is 11.2 Å². The van der Waals surface area contributed by atoms with Crippen LogP contribution in [0, 0.1) is 6.92 Å². The molecule has 0 fully saturated rings. The predicted octanol–water partition coefficient (Wildman–Crippen LogP) is 3.56. The molecule has 4 heteroatoms. The van der Waals surface area contributed by atoms with Crippen molar-refractivity contribution in [1.29, 1.82) is 0 Å². The Balaban J connectivity index is 2.14. The lowest BCUT2D eigenvalue weighted by molar-refractivity contribution is 0.997. The molecule has 0 saturated carbocycles. The van der Waals surface area contributed by atoms with Crippen LogP contribution in [0.15, 0.2) is 53.3 Å². The fourth-order valence-corrected chi connectivity index (χ4v) is 2.48. The molecule has 0 spiro atoms. The molecule has 1 heterocycles. The minimum absolute atomic E-state index is 0.245. The van der Waals surface area contributed by atoms with Crippen LogP contribution >= 0.6 is 11.6 Å². The number of H-pyrrole nitrogens is 1. The zero-order valence-electron chi connectivity index (χ0n) is 10.9. The Morgan fingerprint density at radius 1 is 1.15 bits per heavy atom. The fraction of sp³-hybridized carbons (Fsp3) is 0.125. The standard InChI is InChI=1S/C16H13ClN2O/c1-10-5-4-6-11(9-10)14(17)15-16(20)19-13-8-3-2-7-12(13)18-15/h2-9,14H,1H3,(H,19,20). The summed E-state index contributed by atoms with van der Waals surface area (Å²) < 4.78 is 0. The van der Waals surface area contributed by atoms with Crippen LogP contribution in [-0.4, -0.2) is 9.97 Å². The van der Waals surface area contributed by atoms with Gasteiger partial charge in [-0.1, -0.05) is 42.0 Å². The maximum atomic E-state index is 12.1. The summed E-state index contributed by atoms with van der Waals surface area (Å²) in [6.45, 7) is 1.99. The summed E-state index contributed by atoms with van der Waals surface area (Å²) in [7, 11) is 0. The Bertz CT molecular complexity index is 826. The van der Waals surface area contributed by atoms with Gasteiger partial charge in [0.25, 0.3) is 5.56 Å². The van der Waals surface area contributed by atoms with E-state index < -0.39 is 5.38 Å². The predicted molar refractivity (Wildman–Crippen MR) is 81.2 cm³/mol. The topological polar surface area (TPSA) is 45.8 Å². The van der Waals surface area contributed by atoms with Crippen molar-refractivity contribution in [2.75, 3.05) is 0 Å². The zero-order chi connectivity index (χ0) is 14.1. The molecule has 1 N–H and O–H groups in total. The van der Waals surface area contributed by atoms with E-state index in [0.717, 1.165) is 16.6 Å². The number of benzene rings is 2. The molecule has 0 amide bonds. The van der Waals surface area contributed by atoms with Gasteiger partial charge in [0, 0.05) is 0 Å².